The fraction of sp³-hybridized carbons (Fsp3) is 0.188. The summed E-state index contributed by atoms with van der Waals surface area (Å²) in [6.07, 6.45) is -5.80. The van der Waals surface area contributed by atoms with Crippen LogP contribution < -0.4 is 10.5 Å². The van der Waals surface area contributed by atoms with Gasteiger partial charge in [0, 0.05) is 6.54 Å². The second-order valence-corrected chi connectivity index (χ2v) is 6.95. The van der Waals surface area contributed by atoms with Gasteiger partial charge >= 0.3 is 6.18 Å². The molecule has 0 aliphatic heterocycles. The molecule has 0 aromatic heterocycles. The van der Waals surface area contributed by atoms with Crippen LogP contribution in [0.2, 0.25) is 0 Å². The van der Waals surface area contributed by atoms with Crippen LogP contribution in [0.3, 0.4) is 0 Å². The van der Waals surface area contributed by atoms with Gasteiger partial charge in [0.05, 0.1) is 27.8 Å². The maximum Gasteiger partial charge on any atom is 0.416 e. The molecule has 0 aliphatic rings. The Kier molecular flexibility index (Phi) is 5.56. The number of aliphatic hydroxyl groups excluding tert-OH is 1. The zero-order valence-electron chi connectivity index (χ0n) is 13.2. The molecule has 0 saturated carbocycles. The summed E-state index contributed by atoms with van der Waals surface area (Å²) in [6.45, 7) is -0.190. The lowest BCUT2D eigenvalue weighted by molar-refractivity contribution is -0.137. The lowest BCUT2D eigenvalue weighted by atomic mass is 10.1. The van der Waals surface area contributed by atoms with Crippen LogP contribution in [0.25, 0.3) is 0 Å². The number of nitriles is 1. The van der Waals surface area contributed by atoms with E-state index in [0.29, 0.717) is 0 Å². The van der Waals surface area contributed by atoms with Crippen molar-refractivity contribution in [3.63, 3.8) is 0 Å². The Balaban J connectivity index is 2.18. The van der Waals surface area contributed by atoms with Gasteiger partial charge < -0.3 is 10.4 Å². The van der Waals surface area contributed by atoms with E-state index < -0.39 is 27.9 Å². The molecule has 0 bridgehead atoms. The molecule has 0 amide bonds. The lowest BCUT2D eigenvalue weighted by Gasteiger charge is -2.16. The zero-order chi connectivity index (χ0) is 19.5. The minimum Gasteiger partial charge on any atom is -0.387 e. The number of sulfonamides is 1. The summed E-state index contributed by atoms with van der Waals surface area (Å²) in [5.41, 5.74) is -0.657. The molecule has 138 valence electrons. The molecule has 0 spiro atoms. The van der Waals surface area contributed by atoms with Gasteiger partial charge in [-0.1, -0.05) is 12.1 Å². The predicted octanol–water partition coefficient (Wildman–Crippen LogP) is 2.37. The molecule has 0 saturated heterocycles. The van der Waals surface area contributed by atoms with Gasteiger partial charge in [-0.15, -0.1) is 0 Å². The standard InChI is InChI=1S/C16H14F3N3O3S/c17-16(18,19)12-3-1-2-10(6-12)15(23)9-22-14-5-4-13(26(21,24)25)7-11(14)8-20/h1-7,15,22-23H,9H2,(H2,21,24,25). The van der Waals surface area contributed by atoms with E-state index in [9.17, 15) is 26.7 Å². The summed E-state index contributed by atoms with van der Waals surface area (Å²) in [6, 6.07) is 9.57. The molecule has 0 aliphatic carbocycles. The molecule has 0 heterocycles. The summed E-state index contributed by atoms with van der Waals surface area (Å²) in [5, 5.41) is 26.9. The summed E-state index contributed by atoms with van der Waals surface area (Å²) in [4.78, 5) is -0.252. The number of anilines is 1. The molecule has 4 N–H and O–H groups in total. The van der Waals surface area contributed by atoms with E-state index >= 15 is 0 Å². The summed E-state index contributed by atoms with van der Waals surface area (Å²) in [7, 11) is -3.98. The first-order chi connectivity index (χ1) is 12.0. The van der Waals surface area contributed by atoms with Crippen molar-refractivity contribution in [2.45, 2.75) is 17.2 Å². The Labute approximate surface area is 147 Å². The highest BCUT2D eigenvalue weighted by Crippen LogP contribution is 2.31. The van der Waals surface area contributed by atoms with Crippen molar-refractivity contribution < 1.29 is 26.7 Å². The fourth-order valence-corrected chi connectivity index (χ4v) is 2.73. The van der Waals surface area contributed by atoms with Crippen LogP contribution in [0, 0.1) is 11.3 Å². The number of nitrogens with zero attached hydrogens (tertiary/aromatic N) is 1. The van der Waals surface area contributed by atoms with Gasteiger partial charge in [-0.3, -0.25) is 0 Å². The monoisotopic (exact) mass is 385 g/mol. The molecular formula is C16H14F3N3O3S. The Morgan fingerprint density at radius 1 is 1.23 bits per heavy atom. The van der Waals surface area contributed by atoms with Gasteiger partial charge in [-0.05, 0) is 35.9 Å². The first kappa shape index (κ1) is 19.7. The maximum atomic E-state index is 12.7. The van der Waals surface area contributed by atoms with Crippen molar-refractivity contribution in [1.82, 2.24) is 0 Å². The van der Waals surface area contributed by atoms with Crippen LogP contribution in [0.4, 0.5) is 18.9 Å². The lowest BCUT2D eigenvalue weighted by Crippen LogP contribution is -2.15. The largest absolute Gasteiger partial charge is 0.416 e. The van der Waals surface area contributed by atoms with Gasteiger partial charge in [0.25, 0.3) is 0 Å². The molecular weight excluding hydrogens is 371 g/mol. The number of nitrogens with one attached hydrogen (secondary N) is 1. The average Bonchev–Trinajstić information content (AvgIpc) is 2.58. The minimum absolute atomic E-state index is 0.0345. The minimum atomic E-state index is -4.53. The summed E-state index contributed by atoms with van der Waals surface area (Å²) in [5.74, 6) is 0. The van der Waals surface area contributed by atoms with E-state index in [1.165, 1.54) is 24.3 Å². The normalized spacial score (nSPS) is 13.1. The van der Waals surface area contributed by atoms with E-state index in [-0.39, 0.29) is 28.3 Å². The molecule has 26 heavy (non-hydrogen) atoms. The van der Waals surface area contributed by atoms with Crippen molar-refractivity contribution in [3.05, 3.63) is 59.2 Å². The van der Waals surface area contributed by atoms with Crippen molar-refractivity contribution in [2.75, 3.05) is 11.9 Å². The van der Waals surface area contributed by atoms with Gasteiger partial charge in [0.2, 0.25) is 10.0 Å². The Morgan fingerprint density at radius 2 is 1.92 bits per heavy atom. The highest BCUT2D eigenvalue weighted by Gasteiger charge is 2.30. The van der Waals surface area contributed by atoms with Gasteiger partial charge in [0.1, 0.15) is 6.07 Å². The number of hydrogen-bond acceptors (Lipinski definition) is 5. The molecule has 0 radical (unpaired) electrons. The molecule has 10 heteroatoms. The number of halogens is 3. The topological polar surface area (TPSA) is 116 Å². The number of primary sulfonamides is 1. The number of hydrogen-bond donors (Lipinski definition) is 3. The van der Waals surface area contributed by atoms with E-state index in [0.717, 1.165) is 18.2 Å². The van der Waals surface area contributed by atoms with Crippen molar-refractivity contribution in [1.29, 1.82) is 5.26 Å². The number of rotatable bonds is 5. The highest BCUT2D eigenvalue weighted by molar-refractivity contribution is 7.89. The van der Waals surface area contributed by atoms with Gasteiger partial charge in [0.15, 0.2) is 0 Å². The third kappa shape index (κ3) is 4.72. The summed E-state index contributed by atoms with van der Waals surface area (Å²) < 4.78 is 60.8. The third-order valence-corrected chi connectivity index (χ3v) is 4.44. The van der Waals surface area contributed by atoms with Crippen LogP contribution in [-0.4, -0.2) is 20.1 Å². The first-order valence-electron chi connectivity index (χ1n) is 7.18. The quantitative estimate of drug-likeness (QED) is 0.731. The van der Waals surface area contributed by atoms with Crippen LogP contribution in [0.1, 0.15) is 22.8 Å². The Morgan fingerprint density at radius 3 is 2.50 bits per heavy atom. The van der Waals surface area contributed by atoms with E-state index in [2.05, 4.69) is 5.32 Å². The van der Waals surface area contributed by atoms with Crippen LogP contribution in [0.5, 0.6) is 0 Å². The molecule has 1 unspecified atom stereocenters. The summed E-state index contributed by atoms with van der Waals surface area (Å²) >= 11 is 0. The number of benzene rings is 2. The van der Waals surface area contributed by atoms with E-state index in [1.807, 2.05) is 0 Å². The molecule has 2 rings (SSSR count). The van der Waals surface area contributed by atoms with E-state index in [1.54, 1.807) is 6.07 Å². The predicted molar refractivity (Wildman–Crippen MR) is 87.4 cm³/mol. The Bertz CT molecular complexity index is 953. The zero-order valence-corrected chi connectivity index (χ0v) is 14.0. The average molecular weight is 385 g/mol. The van der Waals surface area contributed by atoms with Crippen LogP contribution >= 0.6 is 0 Å². The van der Waals surface area contributed by atoms with E-state index in [4.69, 9.17) is 10.4 Å². The molecule has 1 atom stereocenters. The molecule has 0 fully saturated rings. The van der Waals surface area contributed by atoms with Crippen molar-refractivity contribution >= 4 is 15.7 Å². The SMILES string of the molecule is N#Cc1cc(S(N)(=O)=O)ccc1NCC(O)c1cccc(C(F)(F)F)c1. The number of aliphatic hydroxyl groups is 1. The molecule has 6 nitrogen and oxygen atoms in total. The van der Waals surface area contributed by atoms with Crippen LogP contribution in [-0.2, 0) is 16.2 Å². The molecule has 2 aromatic rings. The van der Waals surface area contributed by atoms with Gasteiger partial charge in [-0.25, -0.2) is 13.6 Å². The van der Waals surface area contributed by atoms with Crippen molar-refractivity contribution in [2.24, 2.45) is 5.14 Å². The van der Waals surface area contributed by atoms with Gasteiger partial charge in [-0.2, -0.15) is 18.4 Å². The fourth-order valence-electron chi connectivity index (χ4n) is 2.19. The smallest absolute Gasteiger partial charge is 0.387 e. The first-order valence-corrected chi connectivity index (χ1v) is 8.73. The second kappa shape index (κ2) is 7.33. The molecule has 2 aromatic carbocycles. The highest BCUT2D eigenvalue weighted by atomic mass is 32.2. The maximum absolute atomic E-state index is 12.7. The third-order valence-electron chi connectivity index (χ3n) is 3.52. The number of nitrogens with two attached hydrogens (primary N) is 1. The van der Waals surface area contributed by atoms with Crippen molar-refractivity contribution in [3.8, 4) is 6.07 Å². The Hall–Kier alpha value is -2.61. The van der Waals surface area contributed by atoms with Crippen LogP contribution in [0.15, 0.2) is 47.4 Å². The number of alkyl halides is 3. The second-order valence-electron chi connectivity index (χ2n) is 5.38.